The fraction of sp³-hybridized carbons (Fsp3) is 0.745. The maximum Gasteiger partial charge on any atom is 0.329 e. The molecule has 1 amide bonds. The third-order valence-corrected chi connectivity index (χ3v) is 14.5. The minimum atomic E-state index is -3.13. The smallest absolute Gasteiger partial charge is 0.329 e. The first-order valence-electron chi connectivity index (χ1n) is 24.6. The summed E-state index contributed by atoms with van der Waals surface area (Å²) < 4.78 is 38.1. The Balaban J connectivity index is 0.00000323. The molecular formula is C51H82NO16PW. The van der Waals surface area contributed by atoms with E-state index >= 15 is 0 Å². The van der Waals surface area contributed by atoms with Crippen molar-refractivity contribution < 1.29 is 98.4 Å². The quantitative estimate of drug-likeness (QED) is 0.0948. The number of carbonyl (C=O) groups is 5. The van der Waals surface area contributed by atoms with Gasteiger partial charge in [0.1, 0.15) is 30.1 Å². The zero-order valence-corrected chi connectivity index (χ0v) is 46.8. The number of rotatable bonds is 6. The van der Waals surface area contributed by atoms with Gasteiger partial charge in [0.05, 0.1) is 24.4 Å². The van der Waals surface area contributed by atoms with Gasteiger partial charge in [0.2, 0.25) is 5.79 Å². The number of esters is 1. The number of aliphatic hydroxyl groups excluding tert-OH is 2. The van der Waals surface area contributed by atoms with Gasteiger partial charge in [-0.2, -0.15) is 0 Å². The van der Waals surface area contributed by atoms with Gasteiger partial charge in [-0.05, 0) is 107 Å². The maximum atomic E-state index is 14.4. The first-order valence-corrected chi connectivity index (χ1v) is 25.9. The summed E-state index contributed by atoms with van der Waals surface area (Å²) in [6, 6.07) is -1.14. The number of carbonyl (C=O) groups excluding carboxylic acids is 5. The van der Waals surface area contributed by atoms with E-state index in [1.165, 1.54) is 12.0 Å². The molecule has 2 saturated heterocycles. The molecule has 2 unspecified atom stereocenters. The molecule has 2 bridgehead atoms. The molecule has 3 fully saturated rings. The molecule has 398 valence electrons. The van der Waals surface area contributed by atoms with Gasteiger partial charge in [0.15, 0.2) is 5.78 Å². The summed E-state index contributed by atoms with van der Waals surface area (Å²) in [6.45, 7) is 12.7. The normalized spacial score (nSPS) is 38.0. The Morgan fingerprint density at radius 3 is 2.16 bits per heavy atom. The molecule has 1 saturated carbocycles. The van der Waals surface area contributed by atoms with Crippen LogP contribution in [0.2, 0.25) is 0 Å². The van der Waals surface area contributed by atoms with Crippen LogP contribution >= 0.6 is 8.25 Å². The van der Waals surface area contributed by atoms with Crippen LogP contribution in [0.25, 0.3) is 0 Å². The topological polar surface area (TPSA) is 253 Å². The van der Waals surface area contributed by atoms with Crippen LogP contribution < -0.4 is 0 Å². The molecule has 3 aliphatic heterocycles. The molecule has 4 aliphatic rings. The van der Waals surface area contributed by atoms with Crippen LogP contribution in [0.5, 0.6) is 0 Å². The van der Waals surface area contributed by atoms with Gasteiger partial charge >= 0.3 is 14.2 Å². The van der Waals surface area contributed by atoms with E-state index in [1.807, 2.05) is 58.1 Å². The Labute approximate surface area is 430 Å². The van der Waals surface area contributed by atoms with Gasteiger partial charge in [0, 0.05) is 79.5 Å². The molecule has 5 N–H and O–H groups in total. The van der Waals surface area contributed by atoms with Crippen LogP contribution in [-0.4, -0.2) is 142 Å². The number of Topliss-reactive ketones (excluding diaryl/α,β-unsaturated/α-hetero) is 3. The molecule has 3 heterocycles. The van der Waals surface area contributed by atoms with Crippen molar-refractivity contribution in [3.63, 3.8) is 0 Å². The number of fused-ring (bicyclic) bond motifs is 3. The number of methoxy groups -OCH3 is 3. The van der Waals surface area contributed by atoms with Crippen molar-refractivity contribution >= 4 is 37.5 Å². The summed E-state index contributed by atoms with van der Waals surface area (Å²) in [5.41, 5.74) is 1.27. The number of amides is 1. The van der Waals surface area contributed by atoms with E-state index in [-0.39, 0.29) is 75.9 Å². The minimum Gasteiger partial charge on any atom is -0.460 e. The van der Waals surface area contributed by atoms with Gasteiger partial charge in [-0.1, -0.05) is 71.1 Å². The van der Waals surface area contributed by atoms with Gasteiger partial charge in [0.25, 0.3) is 11.7 Å². The van der Waals surface area contributed by atoms with Crippen LogP contribution in [0, 0.1) is 35.5 Å². The predicted molar refractivity (Wildman–Crippen MR) is 259 cm³/mol. The molecule has 0 aromatic carbocycles. The van der Waals surface area contributed by atoms with Crippen molar-refractivity contribution in [1.82, 2.24) is 4.90 Å². The summed E-state index contributed by atoms with van der Waals surface area (Å²) in [7, 11) is 1.39. The van der Waals surface area contributed by atoms with Crippen LogP contribution in [0.4, 0.5) is 0 Å². The number of ketones is 3. The van der Waals surface area contributed by atoms with E-state index in [1.54, 1.807) is 41.1 Å². The van der Waals surface area contributed by atoms with Crippen LogP contribution in [0.1, 0.15) is 126 Å². The molecule has 70 heavy (non-hydrogen) atoms. The number of hydrogen-bond acceptors (Lipinski definition) is 14. The van der Waals surface area contributed by atoms with Crippen LogP contribution in [-0.2, 0) is 73.3 Å². The predicted octanol–water partition coefficient (Wildman–Crippen LogP) is 5.54. The number of piperidine rings is 1. The molecule has 4 rings (SSSR count). The molecule has 1 aliphatic carbocycles. The van der Waals surface area contributed by atoms with Crippen molar-refractivity contribution in [2.45, 2.75) is 180 Å². The van der Waals surface area contributed by atoms with E-state index < -0.39 is 92.1 Å². The third-order valence-electron chi connectivity index (χ3n) is 14.5. The van der Waals surface area contributed by atoms with Crippen molar-refractivity contribution in [3.8, 4) is 0 Å². The Morgan fingerprint density at radius 1 is 0.857 bits per heavy atom. The van der Waals surface area contributed by atoms with Gasteiger partial charge in [-0.25, -0.2) is 4.79 Å². The third kappa shape index (κ3) is 18.4. The summed E-state index contributed by atoms with van der Waals surface area (Å²) in [6.07, 6.45) is 11.2. The number of hydrogen-bond donors (Lipinski definition) is 5. The van der Waals surface area contributed by atoms with Gasteiger partial charge < -0.3 is 53.7 Å². The second-order valence-corrected chi connectivity index (χ2v) is 20.4. The number of nitrogens with zero attached hydrogens (tertiary/aromatic N) is 1. The SMILES string of the molecule is CO[C@H]1CC2CC[C@@H](C)[C@@](O)(O2)C(=O)C(=O)N2CCCCC2C(=O)O[C@H]([C@H](C)C[C@@H]2CC[C@@H](O)[C@H](OC)C2)CC(=O)[C@H](C)/C=C(\C)[C@@H](O)[C@@H](OC)C(=O)[C@H](C)C[C@H](C)/C=C/C=C/C=C/1C.O=[PH](O)O.[W]. The summed E-state index contributed by atoms with van der Waals surface area (Å²) in [5.74, 6) is -7.96. The summed E-state index contributed by atoms with van der Waals surface area (Å²) in [4.78, 5) is 86.1. The Hall–Kier alpha value is -2.53. The largest absolute Gasteiger partial charge is 0.460 e. The Bertz CT molecular complexity index is 1870. The summed E-state index contributed by atoms with van der Waals surface area (Å²) >= 11 is 0. The summed E-state index contributed by atoms with van der Waals surface area (Å²) in [5, 5.41) is 33.8. The Morgan fingerprint density at radius 2 is 1.53 bits per heavy atom. The maximum absolute atomic E-state index is 14.4. The molecule has 19 heteroatoms. The number of cyclic esters (lactones) is 1. The molecule has 0 aromatic heterocycles. The van der Waals surface area contributed by atoms with Crippen molar-refractivity contribution in [1.29, 1.82) is 0 Å². The van der Waals surface area contributed by atoms with Gasteiger partial charge in [-0.3, -0.25) is 23.7 Å². The van der Waals surface area contributed by atoms with E-state index in [0.29, 0.717) is 63.4 Å². The number of ether oxygens (including phenoxy) is 5. The molecule has 0 aromatic rings. The average Bonchev–Trinajstić information content (AvgIpc) is 3.30. The molecule has 0 radical (unpaired) electrons. The van der Waals surface area contributed by atoms with E-state index in [0.717, 1.165) is 12.0 Å². The van der Waals surface area contributed by atoms with Gasteiger partial charge in [-0.15, -0.1) is 0 Å². The monoisotopic (exact) mass is 1180 g/mol. The van der Waals surface area contributed by atoms with Crippen molar-refractivity contribution in [2.24, 2.45) is 35.5 Å². The number of aliphatic hydroxyl groups is 3. The molecular weight excluding hydrogens is 1100 g/mol. The van der Waals surface area contributed by atoms with Crippen molar-refractivity contribution in [3.05, 3.63) is 47.6 Å². The van der Waals surface area contributed by atoms with E-state index in [9.17, 15) is 39.3 Å². The van der Waals surface area contributed by atoms with E-state index in [2.05, 4.69) is 0 Å². The first kappa shape index (κ1) is 63.6. The average molecular weight is 1180 g/mol. The van der Waals surface area contributed by atoms with Crippen LogP contribution in [0.15, 0.2) is 47.6 Å². The fourth-order valence-electron chi connectivity index (χ4n) is 10.1. The second kappa shape index (κ2) is 30.6. The second-order valence-electron chi connectivity index (χ2n) is 19.9. The molecule has 0 spiro atoms. The standard InChI is InChI=1S/C51H79NO13.H3O3P.W/c1-30-16-12-11-13-17-31(2)42(61-8)28-38-21-19-36(7)51(60,65-38)48(57)49(58)52-23-15-14-18-39(52)50(59)64-43(33(4)26-37-20-22-40(53)44(27-37)62-9)29-41(54)32(3)25-35(6)46(56)47(63-10)45(55)34(5)24-30;1-4(2)3;/h11-13,16-17,25,30,32-34,36-40,42-44,46-47,53,56,60H,14-15,18-24,26-29H2,1-10H3;4H,(H2,1,2,3);/b13-11+,16-12+,31-17+,35-25+;;/t30-,32-,33-,34-,36-,37+,38?,39?,40-,42+,43+,44-,46-,47+,51-;;/m1../s1. The fourth-order valence-corrected chi connectivity index (χ4v) is 10.1. The van der Waals surface area contributed by atoms with Crippen LogP contribution in [0.3, 0.4) is 0 Å². The Kier molecular flexibility index (Phi) is 27.8. The van der Waals surface area contributed by atoms with Crippen molar-refractivity contribution in [2.75, 3.05) is 27.9 Å². The minimum absolute atomic E-state index is 0. The zero-order chi connectivity index (χ0) is 51.7. The van der Waals surface area contributed by atoms with E-state index in [4.69, 9.17) is 38.0 Å². The number of allylic oxidation sites excluding steroid dienone is 6. The first-order chi connectivity index (χ1) is 32.5. The zero-order valence-electron chi connectivity index (χ0n) is 42.8. The molecule has 17 nitrogen and oxygen atoms in total. The molecule has 15 atom stereocenters.